The van der Waals surface area contributed by atoms with Crippen molar-refractivity contribution in [2.45, 2.75) is 0 Å². The van der Waals surface area contributed by atoms with E-state index in [0.717, 1.165) is 0 Å². The lowest BCUT2D eigenvalue weighted by molar-refractivity contribution is 0.0697. The van der Waals surface area contributed by atoms with Crippen LogP contribution in [0.5, 0.6) is 5.88 Å². The van der Waals surface area contributed by atoms with Crippen molar-refractivity contribution in [2.75, 3.05) is 0 Å². The number of halogens is 2. The third kappa shape index (κ3) is 2.09. The van der Waals surface area contributed by atoms with E-state index in [4.69, 9.17) is 28.3 Å². The Kier molecular flexibility index (Phi) is 3.00. The molecule has 17 heavy (non-hydrogen) atoms. The maximum atomic E-state index is 10.7. The molecule has 88 valence electrons. The molecule has 0 saturated heterocycles. The van der Waals surface area contributed by atoms with Gasteiger partial charge in [-0.3, -0.25) is 4.57 Å². The Labute approximate surface area is 107 Å². The normalized spacial score (nSPS) is 10.5. The molecule has 1 aromatic heterocycles. The second kappa shape index (κ2) is 4.31. The summed E-state index contributed by atoms with van der Waals surface area (Å²) in [4.78, 5) is 10.7. The van der Waals surface area contributed by atoms with Gasteiger partial charge in [0.15, 0.2) is 0 Å². The molecule has 0 aliphatic rings. The quantitative estimate of drug-likeness (QED) is 0.882. The van der Waals surface area contributed by atoms with Crippen molar-refractivity contribution in [2.24, 2.45) is 0 Å². The predicted octanol–water partition coefficient (Wildman–Crippen LogP) is 3.19. The molecule has 0 amide bonds. The van der Waals surface area contributed by atoms with Crippen LogP contribution >= 0.6 is 23.2 Å². The molecule has 0 radical (unpaired) electrons. The Hall–Kier alpha value is -1.65. The van der Waals surface area contributed by atoms with Crippen LogP contribution in [-0.2, 0) is 0 Å². The van der Waals surface area contributed by atoms with E-state index >= 15 is 0 Å². The Morgan fingerprint density at radius 2 is 1.76 bits per heavy atom. The number of carboxylic acid groups (broad SMARTS) is 1. The van der Waals surface area contributed by atoms with E-state index in [1.807, 2.05) is 0 Å². The topological polar surface area (TPSA) is 62.5 Å². The number of aromatic nitrogens is 1. The standard InChI is InChI=1S/C11H7Cl2NO3/c12-8-5-14(10(15)9(8)13)7-3-1-6(2-4-7)11(16)17/h1-5,15H,(H,16,17). The smallest absolute Gasteiger partial charge is 0.335 e. The van der Waals surface area contributed by atoms with E-state index in [1.165, 1.54) is 22.9 Å². The number of carbonyl (C=O) groups is 1. The summed E-state index contributed by atoms with van der Waals surface area (Å²) in [5.41, 5.74) is 0.735. The molecule has 1 aromatic carbocycles. The number of hydrogen-bond acceptors (Lipinski definition) is 2. The molecule has 0 unspecified atom stereocenters. The molecule has 2 N–H and O–H groups in total. The Morgan fingerprint density at radius 3 is 2.18 bits per heavy atom. The highest BCUT2D eigenvalue weighted by Crippen LogP contribution is 2.35. The first-order valence-corrected chi connectivity index (χ1v) is 5.35. The zero-order valence-electron chi connectivity index (χ0n) is 8.39. The van der Waals surface area contributed by atoms with E-state index in [9.17, 15) is 9.90 Å². The molecule has 6 heteroatoms. The molecule has 0 aliphatic heterocycles. The average molecular weight is 272 g/mol. The number of nitrogens with zero attached hydrogens (tertiary/aromatic N) is 1. The van der Waals surface area contributed by atoms with Crippen molar-refractivity contribution in [1.29, 1.82) is 0 Å². The lowest BCUT2D eigenvalue weighted by Crippen LogP contribution is -1.97. The van der Waals surface area contributed by atoms with Crippen molar-refractivity contribution < 1.29 is 15.0 Å². The second-order valence-corrected chi connectivity index (χ2v) is 4.12. The molecule has 0 saturated carbocycles. The summed E-state index contributed by atoms with van der Waals surface area (Å²) in [6.45, 7) is 0. The zero-order valence-corrected chi connectivity index (χ0v) is 9.90. The number of rotatable bonds is 2. The SMILES string of the molecule is O=C(O)c1ccc(-n2cc(Cl)c(Cl)c2O)cc1. The van der Waals surface area contributed by atoms with Crippen LogP contribution < -0.4 is 0 Å². The van der Waals surface area contributed by atoms with Gasteiger partial charge in [0.2, 0.25) is 5.88 Å². The summed E-state index contributed by atoms with van der Waals surface area (Å²) < 4.78 is 1.37. The highest BCUT2D eigenvalue weighted by Gasteiger charge is 2.13. The first kappa shape index (κ1) is 11.8. The van der Waals surface area contributed by atoms with Crippen LogP contribution in [0.2, 0.25) is 10.0 Å². The molecule has 0 bridgehead atoms. The number of hydrogen-bond donors (Lipinski definition) is 2. The highest BCUT2D eigenvalue weighted by molar-refractivity contribution is 6.43. The van der Waals surface area contributed by atoms with Gasteiger partial charge in [0.1, 0.15) is 5.02 Å². The fourth-order valence-corrected chi connectivity index (χ4v) is 1.73. The molecule has 0 atom stereocenters. The van der Waals surface area contributed by atoms with Crippen molar-refractivity contribution >= 4 is 29.2 Å². The lowest BCUT2D eigenvalue weighted by Gasteiger charge is -2.04. The van der Waals surface area contributed by atoms with Gasteiger partial charge in [-0.2, -0.15) is 0 Å². The fraction of sp³-hybridized carbons (Fsp3) is 0. The lowest BCUT2D eigenvalue weighted by atomic mass is 10.2. The maximum absolute atomic E-state index is 10.7. The molecule has 4 nitrogen and oxygen atoms in total. The van der Waals surface area contributed by atoms with Crippen LogP contribution in [0.25, 0.3) is 5.69 Å². The molecular weight excluding hydrogens is 265 g/mol. The van der Waals surface area contributed by atoms with Crippen LogP contribution in [0.1, 0.15) is 10.4 Å². The number of benzene rings is 1. The van der Waals surface area contributed by atoms with E-state index < -0.39 is 5.97 Å². The number of carboxylic acids is 1. The number of aromatic carboxylic acids is 1. The van der Waals surface area contributed by atoms with Crippen LogP contribution in [0.3, 0.4) is 0 Å². The van der Waals surface area contributed by atoms with Crippen LogP contribution in [0, 0.1) is 0 Å². The minimum atomic E-state index is -1.01. The van der Waals surface area contributed by atoms with Crippen molar-refractivity contribution in [1.82, 2.24) is 4.57 Å². The van der Waals surface area contributed by atoms with Crippen molar-refractivity contribution in [3.63, 3.8) is 0 Å². The van der Waals surface area contributed by atoms with Gasteiger partial charge in [-0.15, -0.1) is 0 Å². The fourth-order valence-electron chi connectivity index (χ4n) is 1.41. The third-order valence-corrected chi connectivity index (χ3v) is 3.02. The molecule has 2 aromatic rings. The Morgan fingerprint density at radius 1 is 1.18 bits per heavy atom. The Bertz CT molecular complexity index is 575. The highest BCUT2D eigenvalue weighted by atomic mass is 35.5. The summed E-state index contributed by atoms with van der Waals surface area (Å²) in [6.07, 6.45) is 1.45. The summed E-state index contributed by atoms with van der Waals surface area (Å²) in [6, 6.07) is 5.96. The summed E-state index contributed by atoms with van der Waals surface area (Å²) in [7, 11) is 0. The van der Waals surface area contributed by atoms with E-state index in [2.05, 4.69) is 0 Å². The third-order valence-electron chi connectivity index (χ3n) is 2.27. The van der Waals surface area contributed by atoms with Crippen molar-refractivity contribution in [3.05, 3.63) is 46.1 Å². The zero-order chi connectivity index (χ0) is 12.6. The van der Waals surface area contributed by atoms with Gasteiger partial charge in [0.25, 0.3) is 0 Å². The molecule has 0 spiro atoms. The first-order chi connectivity index (χ1) is 8.00. The molecule has 1 heterocycles. The molecule has 0 aliphatic carbocycles. The van der Waals surface area contributed by atoms with Gasteiger partial charge in [-0.1, -0.05) is 23.2 Å². The van der Waals surface area contributed by atoms with Crippen molar-refractivity contribution in [3.8, 4) is 11.6 Å². The molecular formula is C11H7Cl2NO3. The van der Waals surface area contributed by atoms with Gasteiger partial charge in [-0.25, -0.2) is 4.79 Å². The number of aromatic hydroxyl groups is 1. The van der Waals surface area contributed by atoms with Gasteiger partial charge >= 0.3 is 5.97 Å². The summed E-state index contributed by atoms with van der Waals surface area (Å²) in [5, 5.41) is 18.7. The van der Waals surface area contributed by atoms with E-state index in [-0.39, 0.29) is 21.5 Å². The maximum Gasteiger partial charge on any atom is 0.335 e. The van der Waals surface area contributed by atoms with Gasteiger partial charge < -0.3 is 10.2 Å². The average Bonchev–Trinajstić information content (AvgIpc) is 2.57. The largest absolute Gasteiger partial charge is 0.493 e. The Balaban J connectivity index is 2.47. The molecule has 2 rings (SSSR count). The molecule has 0 fully saturated rings. The predicted molar refractivity (Wildman–Crippen MR) is 64.4 cm³/mol. The van der Waals surface area contributed by atoms with Crippen LogP contribution in [0.15, 0.2) is 30.5 Å². The first-order valence-electron chi connectivity index (χ1n) is 4.59. The summed E-state index contributed by atoms with van der Waals surface area (Å²) in [5.74, 6) is -1.19. The van der Waals surface area contributed by atoms with E-state index in [0.29, 0.717) is 5.69 Å². The van der Waals surface area contributed by atoms with Crippen LogP contribution in [0.4, 0.5) is 0 Å². The van der Waals surface area contributed by atoms with Gasteiger partial charge in [0.05, 0.1) is 10.6 Å². The summed E-state index contributed by atoms with van der Waals surface area (Å²) >= 11 is 11.5. The van der Waals surface area contributed by atoms with Gasteiger partial charge in [0, 0.05) is 11.9 Å². The minimum absolute atomic E-state index is 0.0639. The minimum Gasteiger partial charge on any atom is -0.493 e. The van der Waals surface area contributed by atoms with Crippen LogP contribution in [-0.4, -0.2) is 20.7 Å². The van der Waals surface area contributed by atoms with E-state index in [1.54, 1.807) is 12.1 Å². The van der Waals surface area contributed by atoms with Gasteiger partial charge in [-0.05, 0) is 24.3 Å². The monoisotopic (exact) mass is 271 g/mol. The second-order valence-electron chi connectivity index (χ2n) is 3.34.